The van der Waals surface area contributed by atoms with Gasteiger partial charge in [0.05, 0.1) is 49.5 Å². The van der Waals surface area contributed by atoms with E-state index in [0.717, 1.165) is 49.1 Å². The number of H-pyrrole nitrogens is 2. The Morgan fingerprint density at radius 3 is 1.82 bits per heavy atom. The molecule has 1 saturated heterocycles. The maximum atomic E-state index is 14.4. The van der Waals surface area contributed by atoms with Crippen LogP contribution in [0.5, 0.6) is 0 Å². The van der Waals surface area contributed by atoms with Crippen molar-refractivity contribution in [2.75, 3.05) is 0 Å². The van der Waals surface area contributed by atoms with Crippen LogP contribution in [0, 0.1) is 11.6 Å². The lowest BCUT2D eigenvalue weighted by atomic mass is 9.78. The zero-order valence-corrected chi connectivity index (χ0v) is 34.5. The highest BCUT2D eigenvalue weighted by atomic mass is 35.5. The van der Waals surface area contributed by atoms with E-state index in [1.54, 1.807) is 41.8 Å². The summed E-state index contributed by atoms with van der Waals surface area (Å²) in [6.07, 6.45) is 3.60. The second kappa shape index (κ2) is 15.2. The van der Waals surface area contributed by atoms with Gasteiger partial charge < -0.3 is 19.3 Å². The molecule has 0 atom stereocenters. The molecule has 4 aromatic heterocycles. The van der Waals surface area contributed by atoms with Gasteiger partial charge in [0, 0.05) is 44.8 Å². The van der Waals surface area contributed by atoms with Crippen LogP contribution in [0.4, 0.5) is 8.78 Å². The zero-order chi connectivity index (χ0) is 40.2. The quantitative estimate of drug-likeness (QED) is 0.164. The zero-order valence-electron chi connectivity index (χ0n) is 32.2. The van der Waals surface area contributed by atoms with E-state index in [0.29, 0.717) is 38.5 Å². The maximum Gasteiger partial charge on any atom is 0.494 e. The number of rotatable bonds is 6. The molecule has 1 aliphatic heterocycles. The standard InChI is InChI=1S/C25H19ClFN3S.C20H20BClFNO2/c1-14(2)24-23(30-25(31-24)16-5-4-10-28-13-16)15-8-9-20-17(11-15)12-21(29-20)22-18(26)6-3-7-19(22)27;1-19(2)20(3,4)26-21(25-19)13-8-9-16-12(10-13)11-17(24-16)18-14(22)6-5-7-15(18)23/h3-14,29H,1-2H3;5-11,24H,1-4H3. The molecule has 0 aliphatic carbocycles. The lowest BCUT2D eigenvalue weighted by Gasteiger charge is -2.32. The predicted molar refractivity (Wildman–Crippen MR) is 232 cm³/mol. The lowest BCUT2D eigenvalue weighted by Crippen LogP contribution is -2.41. The van der Waals surface area contributed by atoms with Gasteiger partial charge in [-0.05, 0) is 111 Å². The minimum atomic E-state index is -0.431. The molecule has 0 spiro atoms. The van der Waals surface area contributed by atoms with Crippen LogP contribution in [-0.4, -0.2) is 38.3 Å². The van der Waals surface area contributed by atoms with Gasteiger partial charge >= 0.3 is 7.12 Å². The summed E-state index contributed by atoms with van der Waals surface area (Å²) in [6, 6.07) is 29.3. The van der Waals surface area contributed by atoms with Crippen molar-refractivity contribution in [1.29, 1.82) is 0 Å². The molecule has 0 saturated carbocycles. The number of fused-ring (bicyclic) bond motifs is 2. The third-order valence-electron chi connectivity index (χ3n) is 10.6. The molecule has 0 unspecified atom stereocenters. The fourth-order valence-corrected chi connectivity index (χ4v) is 8.49. The fraction of sp³-hybridized carbons (Fsp3) is 0.200. The molecule has 5 heterocycles. The highest BCUT2D eigenvalue weighted by Gasteiger charge is 2.51. The highest BCUT2D eigenvalue weighted by molar-refractivity contribution is 7.15. The van der Waals surface area contributed by atoms with E-state index in [-0.39, 0.29) is 11.6 Å². The molecule has 8 aromatic rings. The van der Waals surface area contributed by atoms with Gasteiger partial charge in [-0.2, -0.15) is 0 Å². The SMILES string of the molecule is CC(C)c1sc(-c2cccnc2)nc1-c1ccc2[nH]c(-c3c(F)cccc3Cl)cc2c1.CC1(C)OB(c2ccc3[nH]c(-c4c(F)cccc4Cl)cc3c2)OC1(C)C. The Balaban J connectivity index is 0.000000162. The average molecular weight is 820 g/mol. The molecule has 2 N–H and O–H groups in total. The smallest absolute Gasteiger partial charge is 0.399 e. The number of aromatic amines is 2. The van der Waals surface area contributed by atoms with Crippen molar-refractivity contribution in [3.8, 4) is 44.3 Å². The molecule has 9 rings (SSSR count). The molecule has 12 heteroatoms. The van der Waals surface area contributed by atoms with E-state index in [1.165, 1.54) is 17.0 Å². The van der Waals surface area contributed by atoms with Crippen molar-refractivity contribution >= 4 is 68.9 Å². The number of pyridine rings is 1. The summed E-state index contributed by atoms with van der Waals surface area (Å²) in [4.78, 5) is 16.9. The summed E-state index contributed by atoms with van der Waals surface area (Å²) in [5.41, 5.74) is 7.07. The van der Waals surface area contributed by atoms with Gasteiger partial charge in [-0.15, -0.1) is 11.3 Å². The molecule has 0 amide bonds. The van der Waals surface area contributed by atoms with E-state index in [1.807, 2.05) is 82.4 Å². The largest absolute Gasteiger partial charge is 0.494 e. The second-order valence-corrected chi connectivity index (χ2v) is 17.3. The van der Waals surface area contributed by atoms with Crippen LogP contribution in [-0.2, 0) is 9.31 Å². The first-order chi connectivity index (χ1) is 27.2. The number of thiazole rings is 1. The molecule has 1 fully saturated rings. The molecule has 0 bridgehead atoms. The third-order valence-corrected chi connectivity index (χ3v) is 12.6. The molecular weight excluding hydrogens is 780 g/mol. The Hall–Kier alpha value is -4.84. The van der Waals surface area contributed by atoms with E-state index >= 15 is 0 Å². The third kappa shape index (κ3) is 7.53. The van der Waals surface area contributed by atoms with E-state index in [9.17, 15) is 8.78 Å². The van der Waals surface area contributed by atoms with Crippen LogP contribution in [0.2, 0.25) is 10.0 Å². The number of benzene rings is 4. The number of halogens is 4. The van der Waals surface area contributed by atoms with E-state index < -0.39 is 18.3 Å². The number of nitrogens with one attached hydrogen (secondary N) is 2. The summed E-state index contributed by atoms with van der Waals surface area (Å²) < 4.78 is 40.8. The van der Waals surface area contributed by atoms with Crippen LogP contribution in [0.1, 0.15) is 52.3 Å². The van der Waals surface area contributed by atoms with Crippen molar-refractivity contribution < 1.29 is 18.1 Å². The normalized spacial score (nSPS) is 14.8. The molecule has 288 valence electrons. The first-order valence-corrected chi connectivity index (χ1v) is 20.2. The Morgan fingerprint density at radius 1 is 0.702 bits per heavy atom. The summed E-state index contributed by atoms with van der Waals surface area (Å²) >= 11 is 14.2. The van der Waals surface area contributed by atoms with Gasteiger partial charge in [-0.3, -0.25) is 4.98 Å². The first-order valence-electron chi connectivity index (χ1n) is 18.6. The van der Waals surface area contributed by atoms with E-state index in [2.05, 4.69) is 40.9 Å². The van der Waals surface area contributed by atoms with Crippen molar-refractivity contribution in [2.24, 2.45) is 0 Å². The van der Waals surface area contributed by atoms with Crippen LogP contribution in [0.3, 0.4) is 0 Å². The minimum Gasteiger partial charge on any atom is -0.399 e. The highest BCUT2D eigenvalue weighted by Crippen LogP contribution is 2.41. The minimum absolute atomic E-state index is 0.340. The maximum absolute atomic E-state index is 14.4. The van der Waals surface area contributed by atoms with Gasteiger partial charge in [-0.1, -0.05) is 67.4 Å². The van der Waals surface area contributed by atoms with Crippen molar-refractivity contribution in [3.05, 3.63) is 136 Å². The summed E-state index contributed by atoms with van der Waals surface area (Å²) in [6.45, 7) is 12.5. The Bertz CT molecular complexity index is 2710. The molecule has 4 aromatic carbocycles. The van der Waals surface area contributed by atoms with Crippen LogP contribution >= 0.6 is 34.5 Å². The number of hydrogen-bond acceptors (Lipinski definition) is 5. The van der Waals surface area contributed by atoms with Gasteiger partial charge in [0.1, 0.15) is 16.6 Å². The average Bonchev–Trinajstić information content (AvgIpc) is 3.95. The Morgan fingerprint density at radius 2 is 1.28 bits per heavy atom. The van der Waals surface area contributed by atoms with Crippen LogP contribution in [0.25, 0.3) is 66.1 Å². The number of aromatic nitrogens is 4. The monoisotopic (exact) mass is 818 g/mol. The van der Waals surface area contributed by atoms with Gasteiger partial charge in [0.25, 0.3) is 0 Å². The summed E-state index contributed by atoms with van der Waals surface area (Å²) in [5.74, 6) is -0.357. The Kier molecular flexibility index (Phi) is 10.4. The van der Waals surface area contributed by atoms with Gasteiger partial charge in [-0.25, -0.2) is 13.8 Å². The Labute approximate surface area is 344 Å². The fourth-order valence-electron chi connectivity index (χ4n) is 6.88. The molecular formula is C45H39BCl2F2N4O2S. The van der Waals surface area contributed by atoms with Crippen molar-refractivity contribution in [1.82, 2.24) is 19.9 Å². The molecule has 6 nitrogen and oxygen atoms in total. The summed E-state index contributed by atoms with van der Waals surface area (Å²) in [7, 11) is -0.431. The molecule has 0 radical (unpaired) electrons. The van der Waals surface area contributed by atoms with Gasteiger partial charge in [0.2, 0.25) is 0 Å². The molecule has 1 aliphatic rings. The van der Waals surface area contributed by atoms with Crippen LogP contribution < -0.4 is 5.46 Å². The second-order valence-electron chi connectivity index (χ2n) is 15.4. The number of nitrogens with zero attached hydrogens (tertiary/aromatic N) is 2. The van der Waals surface area contributed by atoms with Crippen molar-refractivity contribution in [2.45, 2.75) is 58.7 Å². The van der Waals surface area contributed by atoms with Crippen molar-refractivity contribution in [3.63, 3.8) is 0 Å². The summed E-state index contributed by atoms with van der Waals surface area (Å²) in [5, 5.41) is 3.65. The van der Waals surface area contributed by atoms with Gasteiger partial charge in [0.15, 0.2) is 0 Å². The van der Waals surface area contributed by atoms with E-state index in [4.69, 9.17) is 37.5 Å². The number of hydrogen-bond donors (Lipinski definition) is 2. The molecule has 57 heavy (non-hydrogen) atoms. The topological polar surface area (TPSA) is 75.8 Å². The lowest BCUT2D eigenvalue weighted by molar-refractivity contribution is 0.00578. The first kappa shape index (κ1) is 39.0. The predicted octanol–water partition coefficient (Wildman–Crippen LogP) is 12.9. The van der Waals surface area contributed by atoms with Crippen LogP contribution in [0.15, 0.2) is 109 Å².